The van der Waals surface area contributed by atoms with Gasteiger partial charge in [-0.2, -0.15) is 0 Å². The molecular formula is C27H20ClNO5. The summed E-state index contributed by atoms with van der Waals surface area (Å²) < 4.78 is 10.7. The molecule has 0 aliphatic carbocycles. The number of benzene rings is 3. The van der Waals surface area contributed by atoms with Crippen molar-refractivity contribution in [3.63, 3.8) is 0 Å². The number of esters is 1. The third-order valence-electron chi connectivity index (χ3n) is 6.05. The van der Waals surface area contributed by atoms with E-state index < -0.39 is 12.0 Å². The predicted molar refractivity (Wildman–Crippen MR) is 128 cm³/mol. The monoisotopic (exact) mass is 473 g/mol. The number of ether oxygens (including phenoxy) is 1. The van der Waals surface area contributed by atoms with Crippen LogP contribution in [-0.4, -0.2) is 23.9 Å². The maximum absolute atomic E-state index is 13.6. The highest BCUT2D eigenvalue weighted by Gasteiger charge is 2.42. The lowest BCUT2D eigenvalue weighted by Gasteiger charge is -2.25. The van der Waals surface area contributed by atoms with Gasteiger partial charge in [-0.15, -0.1) is 0 Å². The number of carbonyl (C=O) groups is 2. The third kappa shape index (κ3) is 3.66. The van der Waals surface area contributed by atoms with Gasteiger partial charge in [-0.3, -0.25) is 9.59 Å². The van der Waals surface area contributed by atoms with Gasteiger partial charge in [0.2, 0.25) is 5.76 Å². The summed E-state index contributed by atoms with van der Waals surface area (Å²) in [5.74, 6) is -0.813. The lowest BCUT2D eigenvalue weighted by molar-refractivity contribution is 0.0599. The van der Waals surface area contributed by atoms with Crippen LogP contribution < -0.4 is 5.43 Å². The standard InChI is InChI=1S/C27H20ClNO5/c1-15-3-5-16(6-4-15)14-29-23(17-7-9-18(10-8-17)27(32)33-2)22-24(30)20-13-19(28)11-12-21(20)34-25(22)26(29)31/h3-13,23H,14H2,1-2H3/t23-/m0/s1. The molecule has 0 saturated heterocycles. The number of nitrogens with zero attached hydrogens (tertiary/aromatic N) is 1. The second-order valence-electron chi connectivity index (χ2n) is 8.25. The highest BCUT2D eigenvalue weighted by atomic mass is 35.5. The Morgan fingerprint density at radius 1 is 1.03 bits per heavy atom. The van der Waals surface area contributed by atoms with Crippen molar-refractivity contribution in [2.24, 2.45) is 0 Å². The number of fused-ring (bicyclic) bond motifs is 2. The fraction of sp³-hybridized carbons (Fsp3) is 0.148. The van der Waals surface area contributed by atoms with Crippen LogP contribution in [0, 0.1) is 6.92 Å². The first-order chi connectivity index (χ1) is 16.4. The van der Waals surface area contributed by atoms with Crippen molar-refractivity contribution in [3.8, 4) is 0 Å². The van der Waals surface area contributed by atoms with Gasteiger partial charge >= 0.3 is 5.97 Å². The van der Waals surface area contributed by atoms with Gasteiger partial charge in [0.15, 0.2) is 5.43 Å². The Morgan fingerprint density at radius 2 is 1.74 bits per heavy atom. The molecule has 170 valence electrons. The van der Waals surface area contributed by atoms with E-state index in [-0.39, 0.29) is 29.2 Å². The van der Waals surface area contributed by atoms with Gasteiger partial charge in [-0.1, -0.05) is 53.6 Å². The molecule has 1 aromatic heterocycles. The third-order valence-corrected chi connectivity index (χ3v) is 6.28. The van der Waals surface area contributed by atoms with Crippen molar-refractivity contribution in [3.05, 3.63) is 116 Å². The van der Waals surface area contributed by atoms with Crippen molar-refractivity contribution in [1.29, 1.82) is 0 Å². The summed E-state index contributed by atoms with van der Waals surface area (Å²) in [6, 6.07) is 18.6. The van der Waals surface area contributed by atoms with Gasteiger partial charge < -0.3 is 14.1 Å². The molecule has 1 amide bonds. The first kappa shape index (κ1) is 21.9. The Bertz CT molecular complexity index is 1490. The molecule has 3 aromatic carbocycles. The van der Waals surface area contributed by atoms with Crippen LogP contribution in [-0.2, 0) is 11.3 Å². The number of hydrogen-bond donors (Lipinski definition) is 0. The molecule has 1 aliphatic heterocycles. The van der Waals surface area contributed by atoms with E-state index in [9.17, 15) is 14.4 Å². The molecule has 1 aliphatic rings. The molecule has 0 N–H and O–H groups in total. The van der Waals surface area contributed by atoms with Crippen LogP contribution in [0.4, 0.5) is 0 Å². The topological polar surface area (TPSA) is 76.8 Å². The lowest BCUT2D eigenvalue weighted by atomic mass is 9.97. The number of aryl methyl sites for hydroxylation is 1. The van der Waals surface area contributed by atoms with Gasteiger partial charge in [-0.25, -0.2) is 4.79 Å². The zero-order valence-electron chi connectivity index (χ0n) is 18.5. The highest BCUT2D eigenvalue weighted by Crippen LogP contribution is 2.39. The quantitative estimate of drug-likeness (QED) is 0.376. The van der Waals surface area contributed by atoms with E-state index in [2.05, 4.69) is 0 Å². The van der Waals surface area contributed by atoms with E-state index >= 15 is 0 Å². The van der Waals surface area contributed by atoms with Crippen LogP contribution in [0.15, 0.2) is 75.9 Å². The highest BCUT2D eigenvalue weighted by molar-refractivity contribution is 6.31. The summed E-state index contributed by atoms with van der Waals surface area (Å²) in [6.07, 6.45) is 0. The Kier molecular flexibility index (Phi) is 5.46. The van der Waals surface area contributed by atoms with E-state index in [1.54, 1.807) is 47.4 Å². The summed E-state index contributed by atoms with van der Waals surface area (Å²) in [7, 11) is 1.31. The minimum Gasteiger partial charge on any atom is -0.465 e. The summed E-state index contributed by atoms with van der Waals surface area (Å²) in [5.41, 5.74) is 3.34. The maximum Gasteiger partial charge on any atom is 0.337 e. The largest absolute Gasteiger partial charge is 0.465 e. The van der Waals surface area contributed by atoms with E-state index in [0.29, 0.717) is 27.1 Å². The van der Waals surface area contributed by atoms with E-state index in [4.69, 9.17) is 20.8 Å². The zero-order chi connectivity index (χ0) is 24.0. The Morgan fingerprint density at radius 3 is 2.41 bits per heavy atom. The van der Waals surface area contributed by atoms with E-state index in [1.165, 1.54) is 7.11 Å². The van der Waals surface area contributed by atoms with E-state index in [1.807, 2.05) is 31.2 Å². The van der Waals surface area contributed by atoms with Crippen LogP contribution >= 0.6 is 11.6 Å². The minimum absolute atomic E-state index is 0.0222. The molecular weight excluding hydrogens is 454 g/mol. The molecule has 7 heteroatoms. The van der Waals surface area contributed by atoms with Crippen LogP contribution in [0.1, 0.15) is 49.2 Å². The van der Waals surface area contributed by atoms with Gasteiger partial charge in [0.25, 0.3) is 5.91 Å². The predicted octanol–water partition coefficient (Wildman–Crippen LogP) is 5.29. The number of carbonyl (C=O) groups excluding carboxylic acids is 2. The number of halogens is 1. The van der Waals surface area contributed by atoms with Crippen molar-refractivity contribution >= 4 is 34.4 Å². The number of methoxy groups -OCH3 is 1. The van der Waals surface area contributed by atoms with Crippen molar-refractivity contribution in [1.82, 2.24) is 4.90 Å². The summed E-state index contributed by atoms with van der Waals surface area (Å²) in [5, 5.41) is 0.715. The Labute approximate surface area is 200 Å². The fourth-order valence-corrected chi connectivity index (χ4v) is 4.48. The molecule has 4 aromatic rings. The Balaban J connectivity index is 1.68. The minimum atomic E-state index is -0.685. The van der Waals surface area contributed by atoms with Gasteiger partial charge in [0.1, 0.15) is 5.58 Å². The maximum atomic E-state index is 13.6. The summed E-state index contributed by atoms with van der Waals surface area (Å²) >= 11 is 6.13. The van der Waals surface area contributed by atoms with Crippen LogP contribution in [0.2, 0.25) is 5.02 Å². The summed E-state index contributed by atoms with van der Waals surface area (Å²) in [4.78, 5) is 40.6. The molecule has 1 atom stereocenters. The normalized spacial score (nSPS) is 15.0. The molecule has 5 rings (SSSR count). The van der Waals surface area contributed by atoms with Crippen molar-refractivity contribution in [2.75, 3.05) is 7.11 Å². The SMILES string of the molecule is COC(=O)c1ccc([C@H]2c3c(oc4ccc(Cl)cc4c3=O)C(=O)N2Cc2ccc(C)cc2)cc1. The fourth-order valence-electron chi connectivity index (χ4n) is 4.31. The number of rotatable bonds is 4. The molecule has 0 fully saturated rings. The molecule has 0 bridgehead atoms. The summed E-state index contributed by atoms with van der Waals surface area (Å²) in [6.45, 7) is 2.27. The van der Waals surface area contributed by atoms with Crippen LogP contribution in [0.3, 0.4) is 0 Å². The van der Waals surface area contributed by atoms with Gasteiger partial charge in [0.05, 0.1) is 29.7 Å². The molecule has 6 nitrogen and oxygen atoms in total. The molecule has 0 radical (unpaired) electrons. The van der Waals surface area contributed by atoms with Crippen LogP contribution in [0.5, 0.6) is 0 Å². The smallest absolute Gasteiger partial charge is 0.337 e. The van der Waals surface area contributed by atoms with Crippen molar-refractivity contribution in [2.45, 2.75) is 19.5 Å². The molecule has 34 heavy (non-hydrogen) atoms. The van der Waals surface area contributed by atoms with Gasteiger partial charge in [0, 0.05) is 11.6 Å². The second kappa shape index (κ2) is 8.47. The second-order valence-corrected chi connectivity index (χ2v) is 8.69. The van der Waals surface area contributed by atoms with Gasteiger partial charge in [-0.05, 0) is 48.4 Å². The number of amides is 1. The van der Waals surface area contributed by atoms with E-state index in [0.717, 1.165) is 11.1 Å². The average Bonchev–Trinajstić information content (AvgIpc) is 3.12. The molecule has 2 heterocycles. The molecule has 0 saturated carbocycles. The Hall–Kier alpha value is -3.90. The zero-order valence-corrected chi connectivity index (χ0v) is 19.3. The number of hydrogen-bond acceptors (Lipinski definition) is 5. The molecule has 0 unspecified atom stereocenters. The molecule has 0 spiro atoms. The van der Waals surface area contributed by atoms with Crippen molar-refractivity contribution < 1.29 is 18.7 Å². The van der Waals surface area contributed by atoms with Crippen LogP contribution in [0.25, 0.3) is 11.0 Å². The first-order valence-electron chi connectivity index (χ1n) is 10.7. The average molecular weight is 474 g/mol. The lowest BCUT2D eigenvalue weighted by Crippen LogP contribution is -2.29. The first-order valence-corrected chi connectivity index (χ1v) is 11.1.